The summed E-state index contributed by atoms with van der Waals surface area (Å²) in [6.45, 7) is 0. The van der Waals surface area contributed by atoms with Crippen molar-refractivity contribution in [1.29, 1.82) is 0 Å². The Hall–Kier alpha value is -1.29. The van der Waals surface area contributed by atoms with E-state index in [0.717, 1.165) is 5.69 Å². The molecule has 0 heterocycles. The van der Waals surface area contributed by atoms with Gasteiger partial charge in [-0.05, 0) is 24.4 Å². The molecule has 0 spiro atoms. The topological polar surface area (TPSA) is 44.3 Å². The van der Waals surface area contributed by atoms with Crippen molar-refractivity contribution in [3.8, 4) is 0 Å². The SMILES string of the molecule is OC(=S)NNc1ccccc1. The van der Waals surface area contributed by atoms with Crippen LogP contribution < -0.4 is 10.9 Å². The number of benzene rings is 1. The Morgan fingerprint density at radius 1 is 1.27 bits per heavy atom. The Morgan fingerprint density at radius 3 is 2.45 bits per heavy atom. The van der Waals surface area contributed by atoms with Crippen LogP contribution in [0.25, 0.3) is 0 Å². The first-order valence-corrected chi connectivity index (χ1v) is 3.50. The second-order valence-electron chi connectivity index (χ2n) is 1.92. The smallest absolute Gasteiger partial charge is 0.273 e. The highest BCUT2D eigenvalue weighted by Crippen LogP contribution is 2.01. The Morgan fingerprint density at radius 2 is 1.91 bits per heavy atom. The van der Waals surface area contributed by atoms with E-state index in [1.165, 1.54) is 0 Å². The minimum atomic E-state index is -0.270. The van der Waals surface area contributed by atoms with Crippen LogP contribution in [0.3, 0.4) is 0 Å². The standard InChI is InChI=1S/C7H8N2OS/c10-7(11)9-8-6-4-2-1-3-5-6/h1-5,8H,(H2,9,10,11). The van der Waals surface area contributed by atoms with Gasteiger partial charge < -0.3 is 5.11 Å². The number of anilines is 1. The van der Waals surface area contributed by atoms with Crippen molar-refractivity contribution in [1.82, 2.24) is 5.43 Å². The van der Waals surface area contributed by atoms with Gasteiger partial charge in [-0.15, -0.1) is 0 Å². The van der Waals surface area contributed by atoms with E-state index in [0.29, 0.717) is 0 Å². The van der Waals surface area contributed by atoms with Crippen molar-refractivity contribution in [2.75, 3.05) is 5.43 Å². The lowest BCUT2D eigenvalue weighted by molar-refractivity contribution is 0.541. The third-order valence-electron chi connectivity index (χ3n) is 1.09. The maximum absolute atomic E-state index is 8.57. The van der Waals surface area contributed by atoms with Crippen molar-refractivity contribution in [3.05, 3.63) is 30.3 Å². The lowest BCUT2D eigenvalue weighted by Crippen LogP contribution is -2.26. The van der Waals surface area contributed by atoms with Gasteiger partial charge in [0.15, 0.2) is 0 Å². The van der Waals surface area contributed by atoms with Crippen LogP contribution >= 0.6 is 12.2 Å². The van der Waals surface area contributed by atoms with Crippen LogP contribution in [0.5, 0.6) is 0 Å². The largest absolute Gasteiger partial charge is 0.485 e. The number of hydrogen-bond donors (Lipinski definition) is 3. The number of nitrogens with one attached hydrogen (secondary N) is 2. The van der Waals surface area contributed by atoms with Crippen molar-refractivity contribution in [2.24, 2.45) is 0 Å². The third kappa shape index (κ3) is 2.86. The average molecular weight is 168 g/mol. The molecule has 11 heavy (non-hydrogen) atoms. The average Bonchev–Trinajstić information content (AvgIpc) is 2.03. The third-order valence-corrected chi connectivity index (χ3v) is 1.19. The molecule has 0 unspecified atom stereocenters. The molecule has 0 bridgehead atoms. The molecule has 0 fully saturated rings. The van der Waals surface area contributed by atoms with E-state index in [2.05, 4.69) is 23.1 Å². The highest BCUT2D eigenvalue weighted by molar-refractivity contribution is 7.79. The summed E-state index contributed by atoms with van der Waals surface area (Å²) in [5.74, 6) is 0. The van der Waals surface area contributed by atoms with Crippen molar-refractivity contribution in [2.45, 2.75) is 0 Å². The Labute approximate surface area is 70.0 Å². The van der Waals surface area contributed by atoms with E-state index < -0.39 is 0 Å². The lowest BCUT2D eigenvalue weighted by atomic mass is 10.3. The number of para-hydroxylation sites is 1. The minimum absolute atomic E-state index is 0.270. The van der Waals surface area contributed by atoms with Crippen LogP contribution in [0.15, 0.2) is 30.3 Å². The molecule has 0 aliphatic carbocycles. The molecule has 1 aromatic carbocycles. The second-order valence-corrected chi connectivity index (χ2v) is 2.31. The predicted octanol–water partition coefficient (Wildman–Crippen LogP) is 1.45. The fourth-order valence-corrected chi connectivity index (χ4v) is 0.698. The normalized spacial score (nSPS) is 8.73. The predicted molar refractivity (Wildman–Crippen MR) is 48.4 cm³/mol. The molecule has 0 saturated heterocycles. The second kappa shape index (κ2) is 3.78. The van der Waals surface area contributed by atoms with E-state index in [1.54, 1.807) is 0 Å². The summed E-state index contributed by atoms with van der Waals surface area (Å²) >= 11 is 4.38. The number of aliphatic hydroxyl groups is 1. The van der Waals surface area contributed by atoms with Gasteiger partial charge in [0.25, 0.3) is 5.17 Å². The van der Waals surface area contributed by atoms with E-state index >= 15 is 0 Å². The molecule has 0 radical (unpaired) electrons. The molecule has 0 atom stereocenters. The lowest BCUT2D eigenvalue weighted by Gasteiger charge is -2.04. The maximum atomic E-state index is 8.57. The van der Waals surface area contributed by atoms with E-state index in [9.17, 15) is 0 Å². The van der Waals surface area contributed by atoms with Gasteiger partial charge in [0, 0.05) is 0 Å². The maximum Gasteiger partial charge on any atom is 0.273 e. The quantitative estimate of drug-likeness (QED) is 0.462. The van der Waals surface area contributed by atoms with Crippen molar-refractivity contribution in [3.63, 3.8) is 0 Å². The number of rotatable bonds is 2. The number of aliphatic hydroxyl groups excluding tert-OH is 1. The van der Waals surface area contributed by atoms with Crippen LogP contribution in [0.2, 0.25) is 0 Å². The minimum Gasteiger partial charge on any atom is -0.485 e. The van der Waals surface area contributed by atoms with Crippen LogP contribution in [-0.2, 0) is 0 Å². The molecule has 4 heteroatoms. The van der Waals surface area contributed by atoms with Gasteiger partial charge >= 0.3 is 0 Å². The highest BCUT2D eigenvalue weighted by atomic mass is 32.1. The summed E-state index contributed by atoms with van der Waals surface area (Å²) in [6, 6.07) is 9.37. The summed E-state index contributed by atoms with van der Waals surface area (Å²) < 4.78 is 0. The molecule has 0 aliphatic rings. The van der Waals surface area contributed by atoms with Crippen molar-refractivity contribution >= 4 is 23.1 Å². The fourth-order valence-electron chi connectivity index (χ4n) is 0.647. The molecule has 0 aliphatic heterocycles. The fraction of sp³-hybridized carbons (Fsp3) is 0. The summed E-state index contributed by atoms with van der Waals surface area (Å²) in [6.07, 6.45) is 0. The van der Waals surface area contributed by atoms with E-state index in [4.69, 9.17) is 5.11 Å². The molecule has 0 aromatic heterocycles. The van der Waals surface area contributed by atoms with Gasteiger partial charge in [-0.3, -0.25) is 10.9 Å². The zero-order valence-corrected chi connectivity index (χ0v) is 6.56. The summed E-state index contributed by atoms with van der Waals surface area (Å²) in [4.78, 5) is 0. The van der Waals surface area contributed by atoms with Crippen molar-refractivity contribution < 1.29 is 5.11 Å². The first-order chi connectivity index (χ1) is 5.29. The molecule has 0 saturated carbocycles. The van der Waals surface area contributed by atoms with Gasteiger partial charge in [-0.1, -0.05) is 18.2 Å². The zero-order chi connectivity index (χ0) is 8.10. The van der Waals surface area contributed by atoms with E-state index in [-0.39, 0.29) is 5.17 Å². The summed E-state index contributed by atoms with van der Waals surface area (Å²) in [5, 5.41) is 8.30. The molecular formula is C7H8N2OS. The van der Waals surface area contributed by atoms with Crippen LogP contribution in [0, 0.1) is 0 Å². The Bertz CT molecular complexity index is 237. The molecular weight excluding hydrogens is 160 g/mol. The summed E-state index contributed by atoms with van der Waals surface area (Å²) in [7, 11) is 0. The molecule has 1 rings (SSSR count). The van der Waals surface area contributed by atoms with Crippen LogP contribution in [0.4, 0.5) is 5.69 Å². The van der Waals surface area contributed by atoms with Gasteiger partial charge in [-0.2, -0.15) is 0 Å². The Kier molecular flexibility index (Phi) is 2.68. The first kappa shape index (κ1) is 7.81. The van der Waals surface area contributed by atoms with Gasteiger partial charge in [0.2, 0.25) is 0 Å². The Balaban J connectivity index is 2.45. The van der Waals surface area contributed by atoms with Crippen LogP contribution in [-0.4, -0.2) is 10.3 Å². The van der Waals surface area contributed by atoms with Gasteiger partial charge in [-0.25, -0.2) is 0 Å². The molecule has 58 valence electrons. The number of hydrogen-bond acceptors (Lipinski definition) is 2. The molecule has 1 aromatic rings. The summed E-state index contributed by atoms with van der Waals surface area (Å²) in [5.41, 5.74) is 5.95. The van der Waals surface area contributed by atoms with Gasteiger partial charge in [0.1, 0.15) is 0 Å². The van der Waals surface area contributed by atoms with Crippen LogP contribution in [0.1, 0.15) is 0 Å². The monoisotopic (exact) mass is 168 g/mol. The zero-order valence-electron chi connectivity index (χ0n) is 5.74. The highest BCUT2D eigenvalue weighted by Gasteiger charge is 1.88. The first-order valence-electron chi connectivity index (χ1n) is 3.09. The molecule has 0 amide bonds. The van der Waals surface area contributed by atoms with Gasteiger partial charge in [0.05, 0.1) is 5.69 Å². The number of thiocarbonyl (C=S) groups is 1. The van der Waals surface area contributed by atoms with E-state index in [1.807, 2.05) is 30.3 Å². The molecule has 3 nitrogen and oxygen atoms in total. The number of hydrazine groups is 1. The molecule has 3 N–H and O–H groups in total.